The molecule has 0 aromatic heterocycles. The molecule has 1 aromatic rings. The first-order valence-corrected chi connectivity index (χ1v) is 9.68. The third kappa shape index (κ3) is 3.79. The summed E-state index contributed by atoms with van der Waals surface area (Å²) in [7, 11) is 2.99. The number of nitrogens with zero attached hydrogens (tertiary/aromatic N) is 1. The zero-order chi connectivity index (χ0) is 21.2. The maximum atomic E-state index is 12.9. The topological polar surface area (TPSA) is 97.0 Å². The van der Waals surface area contributed by atoms with Gasteiger partial charge in [-0.25, -0.2) is 4.79 Å². The monoisotopic (exact) mass is 401 g/mol. The summed E-state index contributed by atoms with van der Waals surface area (Å²) in [5.41, 5.74) is 2.49. The van der Waals surface area contributed by atoms with Crippen LogP contribution < -0.4 is 20.2 Å². The second kappa shape index (κ2) is 8.14. The minimum absolute atomic E-state index is 0.248. The second-order valence-electron chi connectivity index (χ2n) is 7.64. The first-order chi connectivity index (χ1) is 13.8. The molecule has 1 saturated heterocycles. The van der Waals surface area contributed by atoms with E-state index in [9.17, 15) is 14.4 Å². The third-order valence-electron chi connectivity index (χ3n) is 5.69. The highest BCUT2D eigenvalue weighted by molar-refractivity contribution is 6.09. The molecule has 1 aliphatic carbocycles. The van der Waals surface area contributed by atoms with Crippen LogP contribution in [0.4, 0.5) is 4.79 Å². The molecule has 2 fully saturated rings. The van der Waals surface area contributed by atoms with Crippen LogP contribution in [0, 0.1) is 5.92 Å². The molecule has 0 radical (unpaired) electrons. The van der Waals surface area contributed by atoms with E-state index in [0.29, 0.717) is 42.2 Å². The molecule has 1 aromatic carbocycles. The van der Waals surface area contributed by atoms with E-state index in [1.807, 2.05) is 0 Å². The van der Waals surface area contributed by atoms with Crippen molar-refractivity contribution in [3.05, 3.63) is 35.9 Å². The van der Waals surface area contributed by atoms with E-state index in [-0.39, 0.29) is 5.56 Å². The fourth-order valence-corrected chi connectivity index (χ4v) is 3.96. The minimum atomic E-state index is -0.914. The van der Waals surface area contributed by atoms with E-state index in [2.05, 4.69) is 24.2 Å². The summed E-state index contributed by atoms with van der Waals surface area (Å²) in [6.07, 6.45) is 5.01. The van der Waals surface area contributed by atoms with Gasteiger partial charge in [0, 0.05) is 11.1 Å². The molecule has 3 rings (SSSR count). The van der Waals surface area contributed by atoms with Crippen molar-refractivity contribution < 1.29 is 23.9 Å². The average Bonchev–Trinajstić information content (AvgIpc) is 2.94. The molecule has 8 heteroatoms. The first-order valence-electron chi connectivity index (χ1n) is 9.68. The van der Waals surface area contributed by atoms with Crippen molar-refractivity contribution in [2.75, 3.05) is 14.2 Å². The number of imide groups is 1. The third-order valence-corrected chi connectivity index (χ3v) is 5.69. The number of benzene rings is 1. The van der Waals surface area contributed by atoms with Gasteiger partial charge in [0.2, 0.25) is 0 Å². The SMILES string of the molecule is C=CCc1cc(C(=O)NN2C(=O)NC3(CCC(C)CC3)C2=O)cc(OC)c1OC. The maximum Gasteiger partial charge on any atom is 0.344 e. The van der Waals surface area contributed by atoms with Gasteiger partial charge in [0.1, 0.15) is 5.54 Å². The lowest BCUT2D eigenvalue weighted by molar-refractivity contribution is -0.134. The lowest BCUT2D eigenvalue weighted by Crippen LogP contribution is -2.51. The average molecular weight is 401 g/mol. The number of carbonyl (C=O) groups excluding carboxylic acids is 3. The lowest BCUT2D eigenvalue weighted by Gasteiger charge is -2.33. The predicted octanol–water partition coefficient (Wildman–Crippen LogP) is 2.58. The fourth-order valence-electron chi connectivity index (χ4n) is 3.96. The van der Waals surface area contributed by atoms with E-state index in [0.717, 1.165) is 17.9 Å². The Morgan fingerprint density at radius 2 is 2.00 bits per heavy atom. The van der Waals surface area contributed by atoms with E-state index >= 15 is 0 Å². The number of urea groups is 1. The molecule has 0 atom stereocenters. The van der Waals surface area contributed by atoms with Gasteiger partial charge in [-0.15, -0.1) is 6.58 Å². The number of amides is 4. The van der Waals surface area contributed by atoms with Gasteiger partial charge >= 0.3 is 6.03 Å². The van der Waals surface area contributed by atoms with E-state index in [1.165, 1.54) is 20.3 Å². The number of nitrogens with one attached hydrogen (secondary N) is 2. The Morgan fingerprint density at radius 1 is 1.31 bits per heavy atom. The highest BCUT2D eigenvalue weighted by Gasteiger charge is 2.52. The smallest absolute Gasteiger partial charge is 0.344 e. The van der Waals surface area contributed by atoms with Gasteiger partial charge in [0.15, 0.2) is 11.5 Å². The van der Waals surface area contributed by atoms with Gasteiger partial charge in [-0.3, -0.25) is 15.0 Å². The molecule has 2 N–H and O–H groups in total. The molecular weight excluding hydrogens is 374 g/mol. The number of hydrogen-bond donors (Lipinski definition) is 2. The summed E-state index contributed by atoms with van der Waals surface area (Å²) in [4.78, 5) is 38.2. The van der Waals surface area contributed by atoms with Gasteiger partial charge in [-0.05, 0) is 50.2 Å². The molecular formula is C21H27N3O5. The maximum absolute atomic E-state index is 12.9. The van der Waals surface area contributed by atoms with Crippen LogP contribution in [-0.2, 0) is 11.2 Å². The minimum Gasteiger partial charge on any atom is -0.493 e. The summed E-state index contributed by atoms with van der Waals surface area (Å²) in [5.74, 6) is 0.417. The van der Waals surface area contributed by atoms with Crippen LogP contribution in [0.1, 0.15) is 48.5 Å². The molecule has 29 heavy (non-hydrogen) atoms. The van der Waals surface area contributed by atoms with Crippen molar-refractivity contribution in [2.45, 2.75) is 44.6 Å². The van der Waals surface area contributed by atoms with Crippen molar-refractivity contribution in [3.8, 4) is 11.5 Å². The zero-order valence-corrected chi connectivity index (χ0v) is 17.0. The Kier molecular flexibility index (Phi) is 5.81. The number of methoxy groups -OCH3 is 2. The zero-order valence-electron chi connectivity index (χ0n) is 17.0. The Hall–Kier alpha value is -3.03. The van der Waals surface area contributed by atoms with Crippen LogP contribution >= 0.6 is 0 Å². The van der Waals surface area contributed by atoms with Gasteiger partial charge in [0.05, 0.1) is 14.2 Å². The standard InChI is InChI=1S/C21H27N3O5/c1-5-6-14-11-15(12-16(28-3)17(14)29-4)18(25)23-24-19(26)21(22-20(24)27)9-7-13(2)8-10-21/h5,11-13H,1,6-10H2,2-4H3,(H,22,27)(H,23,25). The molecule has 156 valence electrons. The van der Waals surface area contributed by atoms with Gasteiger partial charge in [-0.2, -0.15) is 5.01 Å². The van der Waals surface area contributed by atoms with Crippen LogP contribution in [-0.4, -0.2) is 42.6 Å². The molecule has 0 unspecified atom stereocenters. The van der Waals surface area contributed by atoms with Crippen LogP contribution in [0.2, 0.25) is 0 Å². The Labute approximate surface area is 170 Å². The molecule has 4 amide bonds. The summed E-state index contributed by atoms with van der Waals surface area (Å²) in [5, 5.41) is 3.58. The number of carbonyl (C=O) groups is 3. The number of allylic oxidation sites excluding steroid dienone is 1. The highest BCUT2D eigenvalue weighted by atomic mass is 16.5. The van der Waals surface area contributed by atoms with Crippen molar-refractivity contribution >= 4 is 17.8 Å². The molecule has 1 aliphatic heterocycles. The number of ether oxygens (including phenoxy) is 2. The van der Waals surface area contributed by atoms with Crippen molar-refractivity contribution in [1.82, 2.24) is 15.8 Å². The number of rotatable bonds is 6. The van der Waals surface area contributed by atoms with Crippen molar-refractivity contribution in [1.29, 1.82) is 0 Å². The summed E-state index contributed by atoms with van der Waals surface area (Å²) in [6, 6.07) is 2.54. The molecule has 1 spiro atoms. The van der Waals surface area contributed by atoms with Gasteiger partial charge < -0.3 is 14.8 Å². The quantitative estimate of drug-likeness (QED) is 0.564. The first kappa shape index (κ1) is 20.7. The van der Waals surface area contributed by atoms with Crippen LogP contribution in [0.5, 0.6) is 11.5 Å². The lowest BCUT2D eigenvalue weighted by atomic mass is 9.77. The number of hydrogen-bond acceptors (Lipinski definition) is 5. The van der Waals surface area contributed by atoms with Crippen molar-refractivity contribution in [3.63, 3.8) is 0 Å². The van der Waals surface area contributed by atoms with Crippen LogP contribution in [0.3, 0.4) is 0 Å². The molecule has 1 saturated carbocycles. The molecule has 8 nitrogen and oxygen atoms in total. The van der Waals surface area contributed by atoms with E-state index in [1.54, 1.807) is 12.1 Å². The molecule has 1 heterocycles. The predicted molar refractivity (Wildman–Crippen MR) is 107 cm³/mol. The van der Waals surface area contributed by atoms with E-state index < -0.39 is 23.4 Å². The second-order valence-corrected chi connectivity index (χ2v) is 7.64. The van der Waals surface area contributed by atoms with Gasteiger partial charge in [-0.1, -0.05) is 13.0 Å². The summed E-state index contributed by atoms with van der Waals surface area (Å²) >= 11 is 0. The largest absolute Gasteiger partial charge is 0.493 e. The van der Waals surface area contributed by atoms with Crippen LogP contribution in [0.25, 0.3) is 0 Å². The Balaban J connectivity index is 1.83. The highest BCUT2D eigenvalue weighted by Crippen LogP contribution is 2.36. The summed E-state index contributed by atoms with van der Waals surface area (Å²) < 4.78 is 10.7. The fraction of sp³-hybridized carbons (Fsp3) is 0.476. The Bertz CT molecular complexity index is 843. The normalized spacial score (nSPS) is 23.7. The Morgan fingerprint density at radius 3 is 2.59 bits per heavy atom. The summed E-state index contributed by atoms with van der Waals surface area (Å²) in [6.45, 7) is 5.85. The molecule has 0 bridgehead atoms. The van der Waals surface area contributed by atoms with Crippen molar-refractivity contribution in [2.24, 2.45) is 5.92 Å². The molecule has 2 aliphatic rings. The van der Waals surface area contributed by atoms with Crippen LogP contribution in [0.15, 0.2) is 24.8 Å². The van der Waals surface area contributed by atoms with E-state index in [4.69, 9.17) is 9.47 Å². The van der Waals surface area contributed by atoms with Gasteiger partial charge in [0.25, 0.3) is 11.8 Å². The number of hydrazine groups is 1.